The summed E-state index contributed by atoms with van der Waals surface area (Å²) in [5.74, 6) is -0.907. The summed E-state index contributed by atoms with van der Waals surface area (Å²) in [5, 5.41) is 9.82. The lowest BCUT2D eigenvalue weighted by Gasteiger charge is -2.22. The molecule has 1 N–H and O–H groups in total. The molecule has 0 spiro atoms. The summed E-state index contributed by atoms with van der Waals surface area (Å²) in [6.07, 6.45) is 2.14. The number of carboxylic acid groups (broad SMARTS) is 1. The highest BCUT2D eigenvalue weighted by molar-refractivity contribution is 7.13. The van der Waals surface area contributed by atoms with Crippen LogP contribution in [0.3, 0.4) is 0 Å². The largest absolute Gasteiger partial charge is 0.477 e. The van der Waals surface area contributed by atoms with Gasteiger partial charge in [0.05, 0.1) is 11.2 Å². The van der Waals surface area contributed by atoms with Crippen molar-refractivity contribution in [1.82, 2.24) is 4.98 Å². The Morgan fingerprint density at radius 1 is 1.24 bits per heavy atom. The van der Waals surface area contributed by atoms with Crippen LogP contribution >= 0.6 is 11.3 Å². The Labute approximate surface area is 129 Å². The van der Waals surface area contributed by atoms with Crippen LogP contribution in [-0.2, 0) is 11.8 Å². The number of rotatable bonds is 3. The minimum Gasteiger partial charge on any atom is -0.477 e. The van der Waals surface area contributed by atoms with Gasteiger partial charge in [0.2, 0.25) is 0 Å². The van der Waals surface area contributed by atoms with Gasteiger partial charge in [-0.1, -0.05) is 32.9 Å². The van der Waals surface area contributed by atoms with Gasteiger partial charge in [0.25, 0.3) is 0 Å². The lowest BCUT2D eigenvalue weighted by Crippen LogP contribution is -2.12. The molecule has 1 aromatic heterocycles. The highest BCUT2D eigenvalue weighted by Gasteiger charge is 2.17. The Morgan fingerprint density at radius 3 is 2.24 bits per heavy atom. The Balaban J connectivity index is 2.34. The summed E-state index contributed by atoms with van der Waals surface area (Å²) in [5.41, 5.74) is 5.19. The number of aromatic nitrogens is 1. The van der Waals surface area contributed by atoms with Crippen LogP contribution in [0.25, 0.3) is 0 Å². The second kappa shape index (κ2) is 5.60. The molecule has 0 saturated heterocycles. The van der Waals surface area contributed by atoms with Crippen molar-refractivity contribution in [3.8, 4) is 0 Å². The normalized spacial score (nSPS) is 11.7. The molecule has 0 fully saturated rings. The van der Waals surface area contributed by atoms with Crippen molar-refractivity contribution in [2.24, 2.45) is 0 Å². The fourth-order valence-electron chi connectivity index (χ4n) is 2.35. The van der Waals surface area contributed by atoms with E-state index in [0.29, 0.717) is 11.3 Å². The van der Waals surface area contributed by atoms with Gasteiger partial charge < -0.3 is 5.11 Å². The first-order valence-corrected chi connectivity index (χ1v) is 7.78. The molecule has 0 aliphatic carbocycles. The van der Waals surface area contributed by atoms with Gasteiger partial charge in [-0.25, -0.2) is 9.78 Å². The Kier molecular flexibility index (Phi) is 4.19. The van der Waals surface area contributed by atoms with E-state index < -0.39 is 5.97 Å². The molecule has 112 valence electrons. The molecule has 0 amide bonds. The molecule has 0 aliphatic heterocycles. The first kappa shape index (κ1) is 15.7. The molecule has 0 unspecified atom stereocenters. The van der Waals surface area contributed by atoms with Crippen molar-refractivity contribution >= 4 is 17.3 Å². The van der Waals surface area contributed by atoms with Crippen LogP contribution in [0.2, 0.25) is 0 Å². The molecule has 21 heavy (non-hydrogen) atoms. The van der Waals surface area contributed by atoms with Gasteiger partial charge in [-0.15, -0.1) is 11.3 Å². The first-order valence-electron chi connectivity index (χ1n) is 6.97. The highest BCUT2D eigenvalue weighted by Crippen LogP contribution is 2.28. The van der Waals surface area contributed by atoms with E-state index in [2.05, 4.69) is 51.7 Å². The molecule has 0 aliphatic rings. The molecule has 4 heteroatoms. The van der Waals surface area contributed by atoms with E-state index in [4.69, 9.17) is 5.11 Å². The summed E-state index contributed by atoms with van der Waals surface area (Å²) >= 11 is 1.25. The van der Waals surface area contributed by atoms with Crippen molar-refractivity contribution in [2.45, 2.75) is 46.5 Å². The molecule has 0 saturated carbocycles. The van der Waals surface area contributed by atoms with Gasteiger partial charge in [0.1, 0.15) is 4.88 Å². The van der Waals surface area contributed by atoms with E-state index in [1.807, 2.05) is 0 Å². The van der Waals surface area contributed by atoms with Gasteiger partial charge >= 0.3 is 5.97 Å². The van der Waals surface area contributed by atoms with Gasteiger partial charge in [-0.2, -0.15) is 0 Å². The summed E-state index contributed by atoms with van der Waals surface area (Å²) < 4.78 is 0. The number of aromatic carboxylic acids is 1. The van der Waals surface area contributed by atoms with Crippen LogP contribution < -0.4 is 0 Å². The van der Waals surface area contributed by atoms with Crippen LogP contribution in [-0.4, -0.2) is 16.1 Å². The van der Waals surface area contributed by atoms with Crippen molar-refractivity contribution in [2.75, 3.05) is 0 Å². The van der Waals surface area contributed by atoms with Crippen LogP contribution in [0.1, 0.15) is 57.7 Å². The van der Waals surface area contributed by atoms with Crippen LogP contribution in [0.15, 0.2) is 18.3 Å². The maximum Gasteiger partial charge on any atom is 0.347 e. The third-order valence-corrected chi connectivity index (χ3v) is 4.64. The topological polar surface area (TPSA) is 50.2 Å². The number of thiazole rings is 1. The molecule has 1 aromatic carbocycles. The average Bonchev–Trinajstić information content (AvgIpc) is 2.81. The van der Waals surface area contributed by atoms with Crippen molar-refractivity contribution < 1.29 is 9.90 Å². The second-order valence-electron chi connectivity index (χ2n) is 6.44. The van der Waals surface area contributed by atoms with Gasteiger partial charge in [-0.05, 0) is 41.5 Å². The second-order valence-corrected chi connectivity index (χ2v) is 7.55. The van der Waals surface area contributed by atoms with E-state index in [1.165, 1.54) is 39.8 Å². The Morgan fingerprint density at radius 2 is 1.81 bits per heavy atom. The number of hydrogen-bond acceptors (Lipinski definition) is 3. The molecule has 1 heterocycles. The predicted octanol–water partition coefficient (Wildman–Crippen LogP) is 4.35. The summed E-state index contributed by atoms with van der Waals surface area (Å²) in [7, 11) is 0. The van der Waals surface area contributed by atoms with Crippen molar-refractivity contribution in [1.29, 1.82) is 0 Å². The van der Waals surface area contributed by atoms with Crippen molar-refractivity contribution in [3.63, 3.8) is 0 Å². The third kappa shape index (κ3) is 3.50. The lowest BCUT2D eigenvalue weighted by atomic mass is 9.83. The number of aryl methyl sites for hydroxylation is 2. The molecule has 0 atom stereocenters. The SMILES string of the molecule is Cc1cc(C(C)(C)C)cc(C)c1Cc1ncc(C(=O)O)s1. The third-order valence-electron chi connectivity index (χ3n) is 3.65. The van der Waals surface area contributed by atoms with Crippen LogP contribution in [0.4, 0.5) is 0 Å². The quantitative estimate of drug-likeness (QED) is 0.917. The Hall–Kier alpha value is -1.68. The first-order chi connectivity index (χ1) is 9.68. The minimum atomic E-state index is -0.907. The van der Waals surface area contributed by atoms with Crippen LogP contribution in [0.5, 0.6) is 0 Å². The maximum atomic E-state index is 10.9. The number of hydrogen-bond donors (Lipinski definition) is 1. The monoisotopic (exact) mass is 303 g/mol. The van der Waals surface area contributed by atoms with Gasteiger partial charge in [-0.3, -0.25) is 0 Å². The van der Waals surface area contributed by atoms with E-state index in [-0.39, 0.29) is 5.41 Å². The van der Waals surface area contributed by atoms with Gasteiger partial charge in [0.15, 0.2) is 0 Å². The molecule has 2 rings (SSSR count). The van der Waals surface area contributed by atoms with Crippen molar-refractivity contribution in [3.05, 3.63) is 50.5 Å². The minimum absolute atomic E-state index is 0.131. The Bertz CT molecular complexity index is 657. The number of carboxylic acids is 1. The summed E-state index contributed by atoms with van der Waals surface area (Å²) in [6.45, 7) is 10.9. The molecule has 2 aromatic rings. The fraction of sp³-hybridized carbons (Fsp3) is 0.412. The van der Waals surface area contributed by atoms with Gasteiger partial charge in [0, 0.05) is 6.42 Å². The summed E-state index contributed by atoms with van der Waals surface area (Å²) in [4.78, 5) is 15.4. The zero-order chi connectivity index (χ0) is 15.8. The van der Waals surface area contributed by atoms with E-state index in [1.54, 1.807) is 0 Å². The number of benzene rings is 1. The zero-order valence-electron chi connectivity index (χ0n) is 13.2. The smallest absolute Gasteiger partial charge is 0.347 e. The van der Waals surface area contributed by atoms with E-state index in [0.717, 1.165) is 5.01 Å². The molecule has 0 bridgehead atoms. The number of carbonyl (C=O) groups is 1. The molecule has 0 radical (unpaired) electrons. The predicted molar refractivity (Wildman–Crippen MR) is 86.5 cm³/mol. The molecular formula is C17H21NO2S. The lowest BCUT2D eigenvalue weighted by molar-refractivity contribution is 0.0702. The van der Waals surface area contributed by atoms with E-state index >= 15 is 0 Å². The maximum absolute atomic E-state index is 10.9. The molecule has 3 nitrogen and oxygen atoms in total. The fourth-order valence-corrected chi connectivity index (χ4v) is 3.12. The average molecular weight is 303 g/mol. The zero-order valence-corrected chi connectivity index (χ0v) is 14.0. The standard InChI is InChI=1S/C17H21NO2S/c1-10-6-12(17(3,4)5)7-11(2)13(10)8-15-18-9-14(21-15)16(19)20/h6-7,9H,8H2,1-5H3,(H,19,20). The van der Waals surface area contributed by atoms with E-state index in [9.17, 15) is 4.79 Å². The summed E-state index contributed by atoms with van der Waals surface area (Å²) in [6, 6.07) is 4.46. The number of nitrogens with zero attached hydrogens (tertiary/aromatic N) is 1. The molecular weight excluding hydrogens is 282 g/mol. The van der Waals surface area contributed by atoms with Crippen LogP contribution in [0, 0.1) is 13.8 Å². The highest BCUT2D eigenvalue weighted by atomic mass is 32.1.